The second-order valence-corrected chi connectivity index (χ2v) is 11.3. The van der Waals surface area contributed by atoms with Crippen LogP contribution < -0.4 is 4.80 Å². The average Bonchev–Trinajstić information content (AvgIpc) is 2.92. The van der Waals surface area contributed by atoms with Crippen molar-refractivity contribution in [2.45, 2.75) is 51.0 Å². The van der Waals surface area contributed by atoms with Crippen molar-refractivity contribution in [2.75, 3.05) is 13.1 Å². The summed E-state index contributed by atoms with van der Waals surface area (Å²) in [5, 5.41) is 0.651. The van der Waals surface area contributed by atoms with Gasteiger partial charge in [0.2, 0.25) is 10.0 Å². The topological polar surface area (TPSA) is 71.7 Å². The van der Waals surface area contributed by atoms with Gasteiger partial charge in [-0.1, -0.05) is 35.8 Å². The Labute approximate surface area is 197 Å². The lowest BCUT2D eigenvalue weighted by Gasteiger charge is -2.19. The molecule has 1 aliphatic rings. The number of benzene rings is 2. The van der Waals surface area contributed by atoms with Crippen molar-refractivity contribution < 1.29 is 13.2 Å². The standard InChI is InChI=1S/C23H26ClN3O3S2/c1-3-27-21-16(2)14-18(24)15-20(21)31-23(27)25-22(28)17-8-10-19(11-9-17)32(29,30)26-12-6-4-5-7-13-26/h8-11,14-15H,3-7,12-13H2,1-2H3. The van der Waals surface area contributed by atoms with Gasteiger partial charge >= 0.3 is 0 Å². The summed E-state index contributed by atoms with van der Waals surface area (Å²) in [6, 6.07) is 9.88. The van der Waals surface area contributed by atoms with E-state index in [1.807, 2.05) is 30.5 Å². The van der Waals surface area contributed by atoms with Crippen LogP contribution in [0.3, 0.4) is 0 Å². The number of aryl methyl sites for hydroxylation is 2. The zero-order chi connectivity index (χ0) is 22.9. The van der Waals surface area contributed by atoms with Gasteiger partial charge in [0.05, 0.1) is 15.1 Å². The lowest BCUT2D eigenvalue weighted by Crippen LogP contribution is -2.31. The molecule has 1 aromatic heterocycles. The van der Waals surface area contributed by atoms with Crippen molar-refractivity contribution in [1.29, 1.82) is 0 Å². The van der Waals surface area contributed by atoms with E-state index >= 15 is 0 Å². The van der Waals surface area contributed by atoms with E-state index in [-0.39, 0.29) is 4.90 Å². The molecule has 1 aliphatic heterocycles. The third-order valence-electron chi connectivity index (χ3n) is 5.75. The summed E-state index contributed by atoms with van der Waals surface area (Å²) in [6.45, 7) is 5.76. The Balaban J connectivity index is 1.65. The number of halogens is 1. The molecule has 1 saturated heterocycles. The van der Waals surface area contributed by atoms with Crippen LogP contribution in [0.1, 0.15) is 48.5 Å². The zero-order valence-electron chi connectivity index (χ0n) is 18.2. The Morgan fingerprint density at radius 3 is 2.38 bits per heavy atom. The quantitative estimate of drug-likeness (QED) is 0.516. The van der Waals surface area contributed by atoms with Crippen molar-refractivity contribution in [1.82, 2.24) is 8.87 Å². The van der Waals surface area contributed by atoms with Crippen LogP contribution in [-0.2, 0) is 16.6 Å². The monoisotopic (exact) mass is 491 g/mol. The molecule has 0 bridgehead atoms. The minimum atomic E-state index is -3.55. The van der Waals surface area contributed by atoms with E-state index in [2.05, 4.69) is 4.99 Å². The second kappa shape index (κ2) is 9.47. The fraction of sp³-hybridized carbons (Fsp3) is 0.391. The minimum absolute atomic E-state index is 0.215. The van der Waals surface area contributed by atoms with Crippen molar-refractivity contribution in [3.8, 4) is 0 Å². The first-order valence-corrected chi connectivity index (χ1v) is 13.4. The number of carbonyl (C=O) groups is 1. The Morgan fingerprint density at radius 1 is 1.09 bits per heavy atom. The third-order valence-corrected chi connectivity index (χ3v) is 8.91. The number of hydrogen-bond acceptors (Lipinski definition) is 4. The fourth-order valence-corrected chi connectivity index (χ4v) is 7.17. The van der Waals surface area contributed by atoms with Crippen molar-refractivity contribution in [3.63, 3.8) is 0 Å². The fourth-order valence-electron chi connectivity index (χ4n) is 4.11. The maximum atomic E-state index is 13.0. The summed E-state index contributed by atoms with van der Waals surface area (Å²) in [5.41, 5.74) is 2.41. The summed E-state index contributed by atoms with van der Waals surface area (Å²) in [4.78, 5) is 18.0. The van der Waals surface area contributed by atoms with Gasteiger partial charge in [0.15, 0.2) is 4.80 Å². The molecule has 9 heteroatoms. The number of aromatic nitrogens is 1. The van der Waals surface area contributed by atoms with Gasteiger partial charge in [0.1, 0.15) is 0 Å². The van der Waals surface area contributed by atoms with Crippen LogP contribution >= 0.6 is 22.9 Å². The maximum absolute atomic E-state index is 13.0. The molecule has 0 spiro atoms. The first-order chi connectivity index (χ1) is 15.3. The van der Waals surface area contributed by atoms with E-state index in [0.29, 0.717) is 35.0 Å². The largest absolute Gasteiger partial charge is 0.316 e. The van der Waals surface area contributed by atoms with Crippen LogP contribution in [0.25, 0.3) is 10.2 Å². The number of thiazole rings is 1. The third kappa shape index (κ3) is 4.55. The molecule has 170 valence electrons. The van der Waals surface area contributed by atoms with Crippen molar-refractivity contribution >= 4 is 49.1 Å². The Hall–Kier alpha value is -2.00. The summed E-state index contributed by atoms with van der Waals surface area (Å²) in [6.07, 6.45) is 3.88. The van der Waals surface area contributed by atoms with Gasteiger partial charge in [-0.15, -0.1) is 0 Å². The Kier molecular flexibility index (Phi) is 6.86. The number of nitrogens with zero attached hydrogens (tertiary/aromatic N) is 3. The number of amides is 1. The lowest BCUT2D eigenvalue weighted by molar-refractivity contribution is 0.0997. The van der Waals surface area contributed by atoms with Crippen LogP contribution in [0.5, 0.6) is 0 Å². The average molecular weight is 492 g/mol. The second-order valence-electron chi connectivity index (χ2n) is 7.96. The summed E-state index contributed by atoms with van der Waals surface area (Å²) in [5.74, 6) is -0.402. The zero-order valence-corrected chi connectivity index (χ0v) is 20.6. The molecule has 2 aromatic carbocycles. The van der Waals surface area contributed by atoms with Crippen molar-refractivity contribution in [3.05, 3.63) is 57.3 Å². The number of sulfonamides is 1. The Morgan fingerprint density at radius 2 is 1.75 bits per heavy atom. The normalized spacial score (nSPS) is 16.4. The first kappa shape index (κ1) is 23.2. The van der Waals surface area contributed by atoms with E-state index in [1.54, 1.807) is 16.4 Å². The summed E-state index contributed by atoms with van der Waals surface area (Å²) >= 11 is 7.61. The number of rotatable bonds is 4. The number of fused-ring (bicyclic) bond motifs is 1. The van der Waals surface area contributed by atoms with Crippen LogP contribution in [-0.4, -0.2) is 36.3 Å². The maximum Gasteiger partial charge on any atom is 0.279 e. The molecule has 6 nitrogen and oxygen atoms in total. The number of carbonyl (C=O) groups excluding carboxylic acids is 1. The predicted octanol–water partition coefficient (Wildman–Crippen LogP) is 4.99. The van der Waals surface area contributed by atoms with Gasteiger partial charge in [-0.3, -0.25) is 4.79 Å². The van der Waals surface area contributed by atoms with E-state index in [4.69, 9.17) is 11.6 Å². The molecular formula is C23H26ClN3O3S2. The van der Waals surface area contributed by atoms with Gasteiger partial charge in [-0.2, -0.15) is 9.30 Å². The predicted molar refractivity (Wildman–Crippen MR) is 129 cm³/mol. The highest BCUT2D eigenvalue weighted by Crippen LogP contribution is 2.26. The minimum Gasteiger partial charge on any atom is -0.316 e. The molecule has 0 N–H and O–H groups in total. The molecule has 3 aromatic rings. The molecule has 0 aliphatic carbocycles. The van der Waals surface area contributed by atoms with Crippen LogP contribution in [0.15, 0.2) is 46.3 Å². The number of hydrogen-bond donors (Lipinski definition) is 0. The van der Waals surface area contributed by atoms with Crippen LogP contribution in [0.4, 0.5) is 0 Å². The summed E-state index contributed by atoms with van der Waals surface area (Å²) in [7, 11) is -3.55. The van der Waals surface area contributed by atoms with Gasteiger partial charge < -0.3 is 4.57 Å². The molecule has 0 unspecified atom stereocenters. The van der Waals surface area contributed by atoms with Gasteiger partial charge in [-0.25, -0.2) is 8.42 Å². The van der Waals surface area contributed by atoms with E-state index in [0.717, 1.165) is 41.5 Å². The first-order valence-electron chi connectivity index (χ1n) is 10.8. The molecule has 32 heavy (non-hydrogen) atoms. The van der Waals surface area contributed by atoms with Crippen LogP contribution in [0.2, 0.25) is 5.02 Å². The Bertz CT molecular complexity index is 1320. The molecule has 1 fully saturated rings. The molecule has 0 atom stereocenters. The van der Waals surface area contributed by atoms with Gasteiger partial charge in [-0.05, 0) is 68.7 Å². The van der Waals surface area contributed by atoms with Gasteiger partial charge in [0.25, 0.3) is 5.91 Å². The molecule has 2 heterocycles. The molecule has 4 rings (SSSR count). The molecule has 0 radical (unpaired) electrons. The smallest absolute Gasteiger partial charge is 0.279 e. The van der Waals surface area contributed by atoms with E-state index in [9.17, 15) is 13.2 Å². The highest BCUT2D eigenvalue weighted by Gasteiger charge is 2.25. The highest BCUT2D eigenvalue weighted by molar-refractivity contribution is 7.89. The lowest BCUT2D eigenvalue weighted by atomic mass is 10.2. The summed E-state index contributed by atoms with van der Waals surface area (Å²) < 4.78 is 30.4. The van der Waals surface area contributed by atoms with Crippen molar-refractivity contribution in [2.24, 2.45) is 4.99 Å². The molecular weight excluding hydrogens is 466 g/mol. The molecule has 0 saturated carbocycles. The SMILES string of the molecule is CCn1c(=NC(=O)c2ccc(S(=O)(=O)N3CCCCCC3)cc2)sc2cc(Cl)cc(C)c21. The van der Waals surface area contributed by atoms with E-state index < -0.39 is 15.9 Å². The molecule has 1 amide bonds. The highest BCUT2D eigenvalue weighted by atomic mass is 35.5. The van der Waals surface area contributed by atoms with E-state index in [1.165, 1.54) is 23.5 Å². The van der Waals surface area contributed by atoms with Gasteiger partial charge in [0, 0.05) is 30.2 Å². The van der Waals surface area contributed by atoms with Crippen LogP contribution in [0, 0.1) is 6.92 Å².